The molecule has 178 valence electrons. The van der Waals surface area contributed by atoms with Crippen molar-refractivity contribution < 1.29 is 22.7 Å². The number of aryl methyl sites for hydroxylation is 1. The lowest BCUT2D eigenvalue weighted by Gasteiger charge is -2.34. The number of piperazine rings is 1. The number of benzene rings is 1. The SMILES string of the molecule is Cc1cc(C(=O)N2CCN(S(=O)(=O)c3ccc4c(c3)OCCO4)CC2)c(C)n1-c1cccnc1. The highest BCUT2D eigenvalue weighted by Gasteiger charge is 2.32. The molecule has 0 unspecified atom stereocenters. The third kappa shape index (κ3) is 3.92. The molecular weight excluding hydrogens is 456 g/mol. The van der Waals surface area contributed by atoms with Crippen LogP contribution in [0.15, 0.2) is 53.7 Å². The molecule has 5 rings (SSSR count). The molecule has 0 aliphatic carbocycles. The first-order valence-electron chi connectivity index (χ1n) is 11.1. The van der Waals surface area contributed by atoms with Crippen LogP contribution >= 0.6 is 0 Å². The minimum Gasteiger partial charge on any atom is -0.486 e. The van der Waals surface area contributed by atoms with E-state index < -0.39 is 10.0 Å². The summed E-state index contributed by atoms with van der Waals surface area (Å²) < 4.78 is 40.8. The Balaban J connectivity index is 1.31. The third-order valence-electron chi connectivity index (χ3n) is 6.24. The minimum atomic E-state index is -3.71. The van der Waals surface area contributed by atoms with E-state index in [0.717, 1.165) is 17.1 Å². The second-order valence-corrected chi connectivity index (χ2v) is 10.3. The van der Waals surface area contributed by atoms with Gasteiger partial charge < -0.3 is 18.9 Å². The second kappa shape index (κ2) is 8.77. The predicted molar refractivity (Wildman–Crippen MR) is 125 cm³/mol. The number of hydrogen-bond donors (Lipinski definition) is 0. The molecule has 0 N–H and O–H groups in total. The van der Waals surface area contributed by atoms with Gasteiger partial charge in [-0.25, -0.2) is 8.42 Å². The predicted octanol–water partition coefficient (Wildman–Crippen LogP) is 2.41. The van der Waals surface area contributed by atoms with Crippen LogP contribution in [0.4, 0.5) is 0 Å². The summed E-state index contributed by atoms with van der Waals surface area (Å²) in [6, 6.07) is 10.4. The summed E-state index contributed by atoms with van der Waals surface area (Å²) in [4.78, 5) is 19.4. The highest BCUT2D eigenvalue weighted by atomic mass is 32.2. The summed E-state index contributed by atoms with van der Waals surface area (Å²) in [5, 5.41) is 0. The molecule has 34 heavy (non-hydrogen) atoms. The summed E-state index contributed by atoms with van der Waals surface area (Å²) in [6.45, 7) is 5.79. The van der Waals surface area contributed by atoms with E-state index in [9.17, 15) is 13.2 Å². The van der Waals surface area contributed by atoms with Gasteiger partial charge >= 0.3 is 0 Å². The number of nitrogens with zero attached hydrogens (tertiary/aromatic N) is 4. The molecular formula is C24H26N4O5S. The molecule has 0 atom stereocenters. The van der Waals surface area contributed by atoms with Crippen LogP contribution < -0.4 is 9.47 Å². The Morgan fingerprint density at radius 3 is 2.41 bits per heavy atom. The van der Waals surface area contributed by atoms with Crippen molar-refractivity contribution >= 4 is 15.9 Å². The average Bonchev–Trinajstić information content (AvgIpc) is 3.17. The van der Waals surface area contributed by atoms with Gasteiger partial charge in [0.15, 0.2) is 11.5 Å². The van der Waals surface area contributed by atoms with E-state index in [1.54, 1.807) is 23.4 Å². The Kier molecular flexibility index (Phi) is 5.78. The Morgan fingerprint density at radius 2 is 1.71 bits per heavy atom. The number of carbonyl (C=O) groups is 1. The van der Waals surface area contributed by atoms with Crippen LogP contribution in [0.25, 0.3) is 5.69 Å². The molecule has 1 fully saturated rings. The maximum atomic E-state index is 13.3. The molecule has 0 radical (unpaired) electrons. The molecule has 10 heteroatoms. The van der Waals surface area contributed by atoms with Crippen molar-refractivity contribution in [1.82, 2.24) is 18.8 Å². The zero-order chi connectivity index (χ0) is 23.9. The highest BCUT2D eigenvalue weighted by Crippen LogP contribution is 2.33. The Morgan fingerprint density at radius 1 is 0.971 bits per heavy atom. The lowest BCUT2D eigenvalue weighted by Crippen LogP contribution is -2.50. The van der Waals surface area contributed by atoms with E-state index >= 15 is 0 Å². The number of amides is 1. The summed E-state index contributed by atoms with van der Waals surface area (Å²) in [6.07, 6.45) is 3.47. The number of carbonyl (C=O) groups excluding carboxylic acids is 1. The van der Waals surface area contributed by atoms with Gasteiger partial charge in [0.05, 0.1) is 22.3 Å². The maximum absolute atomic E-state index is 13.3. The van der Waals surface area contributed by atoms with E-state index in [4.69, 9.17) is 9.47 Å². The van der Waals surface area contributed by atoms with Gasteiger partial charge in [-0.05, 0) is 44.2 Å². The van der Waals surface area contributed by atoms with Crippen LogP contribution in [-0.4, -0.2) is 72.5 Å². The molecule has 1 amide bonds. The van der Waals surface area contributed by atoms with Crippen LogP contribution in [0.2, 0.25) is 0 Å². The summed E-state index contributed by atoms with van der Waals surface area (Å²) in [7, 11) is -3.71. The zero-order valence-corrected chi connectivity index (χ0v) is 19.9. The summed E-state index contributed by atoms with van der Waals surface area (Å²) in [5.41, 5.74) is 3.28. The number of hydrogen-bond acceptors (Lipinski definition) is 6. The van der Waals surface area contributed by atoms with Gasteiger partial charge in [-0.3, -0.25) is 9.78 Å². The number of sulfonamides is 1. The van der Waals surface area contributed by atoms with Gasteiger partial charge in [0, 0.05) is 49.8 Å². The Bertz CT molecular complexity index is 1330. The molecule has 4 heterocycles. The quantitative estimate of drug-likeness (QED) is 0.567. The van der Waals surface area contributed by atoms with Gasteiger partial charge in [0.2, 0.25) is 10.0 Å². The Hall–Kier alpha value is -3.37. The normalized spacial score (nSPS) is 16.5. The molecule has 2 aliphatic heterocycles. The lowest BCUT2D eigenvalue weighted by molar-refractivity contribution is 0.0697. The first-order valence-corrected chi connectivity index (χ1v) is 12.6. The van der Waals surface area contributed by atoms with Crippen molar-refractivity contribution in [2.75, 3.05) is 39.4 Å². The molecule has 0 bridgehead atoms. The smallest absolute Gasteiger partial charge is 0.255 e. The standard InChI is InChI=1S/C24H26N4O5S/c1-17-14-21(18(2)28(17)19-4-3-7-25-16-19)24(29)26-8-10-27(11-9-26)34(30,31)20-5-6-22-23(15-20)33-13-12-32-22/h3-7,14-16H,8-13H2,1-2H3. The van der Waals surface area contributed by atoms with Crippen LogP contribution in [-0.2, 0) is 10.0 Å². The average molecular weight is 483 g/mol. The van der Waals surface area contributed by atoms with E-state index in [1.165, 1.54) is 16.4 Å². The van der Waals surface area contributed by atoms with Gasteiger partial charge in [-0.15, -0.1) is 0 Å². The fraction of sp³-hybridized carbons (Fsp3) is 0.333. The fourth-order valence-electron chi connectivity index (χ4n) is 4.50. The molecule has 3 aromatic rings. The van der Waals surface area contributed by atoms with Crippen molar-refractivity contribution in [3.05, 3.63) is 65.7 Å². The largest absolute Gasteiger partial charge is 0.486 e. The molecule has 1 saturated heterocycles. The zero-order valence-electron chi connectivity index (χ0n) is 19.1. The third-order valence-corrected chi connectivity index (χ3v) is 8.14. The summed E-state index contributed by atoms with van der Waals surface area (Å²) >= 11 is 0. The molecule has 1 aromatic carbocycles. The molecule has 2 aliphatic rings. The minimum absolute atomic E-state index is 0.0976. The van der Waals surface area contributed by atoms with Crippen LogP contribution in [0.3, 0.4) is 0 Å². The van der Waals surface area contributed by atoms with Gasteiger partial charge in [-0.1, -0.05) is 0 Å². The fourth-order valence-corrected chi connectivity index (χ4v) is 5.94. The molecule has 2 aromatic heterocycles. The number of rotatable bonds is 4. The number of fused-ring (bicyclic) bond motifs is 1. The highest BCUT2D eigenvalue weighted by molar-refractivity contribution is 7.89. The summed E-state index contributed by atoms with van der Waals surface area (Å²) in [5.74, 6) is 0.884. The van der Waals surface area contributed by atoms with E-state index in [-0.39, 0.29) is 23.9 Å². The first-order chi connectivity index (χ1) is 16.4. The topological polar surface area (TPSA) is 94.0 Å². The monoisotopic (exact) mass is 482 g/mol. The van der Waals surface area contributed by atoms with Crippen molar-refractivity contribution in [3.8, 4) is 17.2 Å². The second-order valence-electron chi connectivity index (χ2n) is 8.33. The first kappa shape index (κ1) is 22.4. The van der Waals surface area contributed by atoms with E-state index in [1.807, 2.05) is 36.6 Å². The van der Waals surface area contributed by atoms with Gasteiger partial charge in [-0.2, -0.15) is 4.31 Å². The van der Waals surface area contributed by atoms with Crippen molar-refractivity contribution in [1.29, 1.82) is 0 Å². The molecule has 9 nitrogen and oxygen atoms in total. The van der Waals surface area contributed by atoms with Crippen LogP contribution in [0.1, 0.15) is 21.7 Å². The maximum Gasteiger partial charge on any atom is 0.255 e. The molecule has 0 saturated carbocycles. The van der Waals surface area contributed by atoms with Crippen molar-refractivity contribution in [2.45, 2.75) is 18.7 Å². The Labute approximate surface area is 198 Å². The number of aromatic nitrogens is 2. The van der Waals surface area contributed by atoms with E-state index in [0.29, 0.717) is 43.4 Å². The van der Waals surface area contributed by atoms with Gasteiger partial charge in [0.25, 0.3) is 5.91 Å². The molecule has 0 spiro atoms. The van der Waals surface area contributed by atoms with Crippen LogP contribution in [0, 0.1) is 13.8 Å². The van der Waals surface area contributed by atoms with Crippen molar-refractivity contribution in [3.63, 3.8) is 0 Å². The van der Waals surface area contributed by atoms with Gasteiger partial charge in [0.1, 0.15) is 13.2 Å². The van der Waals surface area contributed by atoms with Crippen LogP contribution in [0.5, 0.6) is 11.5 Å². The lowest BCUT2D eigenvalue weighted by atomic mass is 10.2. The number of pyridine rings is 1. The van der Waals surface area contributed by atoms with E-state index in [2.05, 4.69) is 4.98 Å². The number of ether oxygens (including phenoxy) is 2. The van der Waals surface area contributed by atoms with Crippen molar-refractivity contribution in [2.24, 2.45) is 0 Å².